The van der Waals surface area contributed by atoms with E-state index < -0.39 is 0 Å². The number of benzene rings is 1. The van der Waals surface area contributed by atoms with Gasteiger partial charge >= 0.3 is 0 Å². The zero-order valence-corrected chi connectivity index (χ0v) is 14.8. The number of ether oxygens (including phenoxy) is 2. The van der Waals surface area contributed by atoms with Gasteiger partial charge in [0.05, 0.1) is 24.8 Å². The first-order valence-electron chi connectivity index (χ1n) is 7.58. The summed E-state index contributed by atoms with van der Waals surface area (Å²) in [6, 6.07) is 5.30. The molecule has 0 radical (unpaired) electrons. The lowest BCUT2D eigenvalue weighted by Crippen LogP contribution is -2.14. The molecule has 2 rings (SSSR count). The first-order valence-corrected chi connectivity index (χ1v) is 8.40. The molecule has 124 valence electrons. The maximum absolute atomic E-state index is 12.7. The second-order valence-corrected chi connectivity index (χ2v) is 6.30. The van der Waals surface area contributed by atoms with Crippen molar-refractivity contribution in [3.63, 3.8) is 0 Å². The minimum atomic E-state index is -0.116. The lowest BCUT2D eigenvalue weighted by Gasteiger charge is -2.15. The third kappa shape index (κ3) is 4.07. The van der Waals surface area contributed by atoms with Crippen LogP contribution >= 0.6 is 11.8 Å². The van der Waals surface area contributed by atoms with Gasteiger partial charge in [0.15, 0.2) is 17.3 Å². The van der Waals surface area contributed by atoms with Crippen LogP contribution in [0.5, 0.6) is 11.5 Å². The second kappa shape index (κ2) is 8.06. The molecule has 0 spiro atoms. The highest BCUT2D eigenvalue weighted by Crippen LogP contribution is 2.34. The van der Waals surface area contributed by atoms with Crippen LogP contribution in [0, 0.1) is 0 Å². The van der Waals surface area contributed by atoms with Gasteiger partial charge in [0.2, 0.25) is 0 Å². The van der Waals surface area contributed by atoms with E-state index >= 15 is 0 Å². The van der Waals surface area contributed by atoms with E-state index in [1.165, 1.54) is 18.9 Å². The number of carbonyl (C=O) groups is 1. The number of methoxy groups -OCH3 is 2. The van der Waals surface area contributed by atoms with Crippen molar-refractivity contribution in [1.82, 2.24) is 5.01 Å². The Kier molecular flexibility index (Phi) is 6.10. The van der Waals surface area contributed by atoms with E-state index in [0.717, 1.165) is 29.5 Å². The first kappa shape index (κ1) is 17.4. The van der Waals surface area contributed by atoms with E-state index in [9.17, 15) is 4.79 Å². The van der Waals surface area contributed by atoms with Crippen LogP contribution in [0.1, 0.15) is 37.0 Å². The van der Waals surface area contributed by atoms with Gasteiger partial charge < -0.3 is 9.47 Å². The number of hydrazone groups is 1. The van der Waals surface area contributed by atoms with Crippen molar-refractivity contribution in [3.05, 3.63) is 34.9 Å². The third-order valence-corrected chi connectivity index (χ3v) is 4.33. The number of carbonyl (C=O) groups excluding carboxylic acids is 1. The number of para-hydroxylation sites is 1. The van der Waals surface area contributed by atoms with Crippen LogP contribution in [-0.2, 0) is 0 Å². The fourth-order valence-electron chi connectivity index (χ4n) is 2.29. The monoisotopic (exact) mass is 334 g/mol. The Labute approximate surface area is 141 Å². The van der Waals surface area contributed by atoms with E-state index in [1.807, 2.05) is 11.9 Å². The molecule has 23 heavy (non-hydrogen) atoms. The topological polar surface area (TPSA) is 51.1 Å². The van der Waals surface area contributed by atoms with E-state index in [1.54, 1.807) is 31.4 Å². The molecule has 1 aromatic rings. The smallest absolute Gasteiger partial charge is 0.192 e. The van der Waals surface area contributed by atoms with Crippen molar-refractivity contribution in [2.45, 2.75) is 26.7 Å². The molecule has 1 heterocycles. The van der Waals surface area contributed by atoms with E-state index in [-0.39, 0.29) is 5.78 Å². The van der Waals surface area contributed by atoms with Gasteiger partial charge in [-0.05, 0) is 25.5 Å². The summed E-state index contributed by atoms with van der Waals surface area (Å²) >= 11 is 1.51. The Morgan fingerprint density at radius 2 is 2.13 bits per heavy atom. The van der Waals surface area contributed by atoms with Gasteiger partial charge in [-0.15, -0.1) is 0 Å². The van der Waals surface area contributed by atoms with Crippen LogP contribution in [0.3, 0.4) is 0 Å². The van der Waals surface area contributed by atoms with Gasteiger partial charge in [-0.25, -0.2) is 0 Å². The summed E-state index contributed by atoms with van der Waals surface area (Å²) < 4.78 is 10.6. The molecule has 0 bridgehead atoms. The maximum atomic E-state index is 12.7. The van der Waals surface area contributed by atoms with Crippen LogP contribution in [0.25, 0.3) is 0 Å². The fourth-order valence-corrected chi connectivity index (χ4v) is 3.13. The van der Waals surface area contributed by atoms with E-state index in [4.69, 9.17) is 9.47 Å². The van der Waals surface area contributed by atoms with Gasteiger partial charge in [-0.3, -0.25) is 9.80 Å². The van der Waals surface area contributed by atoms with E-state index in [2.05, 4.69) is 12.0 Å². The largest absolute Gasteiger partial charge is 0.493 e. The number of unbranched alkanes of at least 4 members (excludes halogenated alkanes) is 1. The molecule has 0 aliphatic carbocycles. The Hall–Kier alpha value is -1.95. The zero-order valence-electron chi connectivity index (χ0n) is 14.0. The van der Waals surface area contributed by atoms with Gasteiger partial charge in [0, 0.05) is 12.6 Å². The quantitative estimate of drug-likeness (QED) is 0.559. The van der Waals surface area contributed by atoms with Crippen molar-refractivity contribution in [1.29, 1.82) is 0 Å². The molecule has 0 fully saturated rings. The molecule has 1 aromatic carbocycles. The molecule has 1 aliphatic rings. The van der Waals surface area contributed by atoms with Gasteiger partial charge in [0.1, 0.15) is 5.03 Å². The lowest BCUT2D eigenvalue weighted by molar-refractivity contribution is 0.104. The Morgan fingerprint density at radius 1 is 1.35 bits per heavy atom. The Balaban J connectivity index is 2.27. The van der Waals surface area contributed by atoms with Crippen LogP contribution in [0.2, 0.25) is 0 Å². The summed E-state index contributed by atoms with van der Waals surface area (Å²) in [6.45, 7) is 4.89. The minimum absolute atomic E-state index is 0.116. The molecular weight excluding hydrogens is 312 g/mol. The van der Waals surface area contributed by atoms with Crippen molar-refractivity contribution in [2.75, 3.05) is 20.8 Å². The van der Waals surface area contributed by atoms with Gasteiger partial charge in [-0.1, -0.05) is 31.2 Å². The van der Waals surface area contributed by atoms with E-state index in [0.29, 0.717) is 17.1 Å². The number of rotatable bonds is 7. The molecule has 6 heteroatoms. The Bertz CT molecular complexity index is 641. The van der Waals surface area contributed by atoms with Crippen molar-refractivity contribution >= 4 is 22.6 Å². The van der Waals surface area contributed by atoms with Gasteiger partial charge in [-0.2, -0.15) is 5.10 Å². The molecule has 5 nitrogen and oxygen atoms in total. The summed E-state index contributed by atoms with van der Waals surface area (Å²) in [6.07, 6.45) is 3.74. The van der Waals surface area contributed by atoms with Crippen LogP contribution in [0.15, 0.2) is 34.4 Å². The maximum Gasteiger partial charge on any atom is 0.192 e. The molecule has 1 aliphatic heterocycles. The highest BCUT2D eigenvalue weighted by atomic mass is 32.2. The summed E-state index contributed by atoms with van der Waals surface area (Å²) in [5.74, 6) is 0.887. The number of hydrogen-bond acceptors (Lipinski definition) is 6. The predicted octanol–water partition coefficient (Wildman–Crippen LogP) is 3.91. The first-order chi connectivity index (χ1) is 11.1. The summed E-state index contributed by atoms with van der Waals surface area (Å²) in [5.41, 5.74) is 0.486. The van der Waals surface area contributed by atoms with Crippen molar-refractivity contribution in [3.8, 4) is 11.5 Å². The van der Waals surface area contributed by atoms with Crippen molar-refractivity contribution in [2.24, 2.45) is 5.10 Å². The molecule has 0 unspecified atom stereocenters. The zero-order chi connectivity index (χ0) is 16.8. The molecule has 0 aromatic heterocycles. The molecule has 0 atom stereocenters. The minimum Gasteiger partial charge on any atom is -0.493 e. The van der Waals surface area contributed by atoms with Gasteiger partial charge in [0.25, 0.3) is 0 Å². The highest BCUT2D eigenvalue weighted by molar-refractivity contribution is 8.17. The SMILES string of the molecule is CCCCN1N=C(C)SC1=CC(=O)c1cccc(OC)c1OC. The highest BCUT2D eigenvalue weighted by Gasteiger charge is 2.21. The second-order valence-electron chi connectivity index (χ2n) is 5.09. The Morgan fingerprint density at radius 3 is 2.78 bits per heavy atom. The number of nitrogens with zero attached hydrogens (tertiary/aromatic N) is 2. The molecule has 0 saturated carbocycles. The normalized spacial score (nSPS) is 15.7. The summed E-state index contributed by atoms with van der Waals surface area (Å²) in [5, 5.41) is 8.16. The molecule has 0 amide bonds. The fraction of sp³-hybridized carbons (Fsp3) is 0.412. The number of hydrogen-bond donors (Lipinski definition) is 0. The average Bonchev–Trinajstić information content (AvgIpc) is 2.91. The number of allylic oxidation sites excluding steroid dienone is 1. The standard InChI is InChI=1S/C17H22N2O3S/c1-5-6-10-19-16(23-12(2)18-19)11-14(20)13-8-7-9-15(21-3)17(13)22-4/h7-9,11H,5-6,10H2,1-4H3. The summed E-state index contributed by atoms with van der Waals surface area (Å²) in [7, 11) is 3.09. The third-order valence-electron chi connectivity index (χ3n) is 3.41. The lowest BCUT2D eigenvalue weighted by atomic mass is 10.1. The number of thioether (sulfide) groups is 1. The van der Waals surface area contributed by atoms with Crippen molar-refractivity contribution < 1.29 is 14.3 Å². The van der Waals surface area contributed by atoms with Crippen LogP contribution in [0.4, 0.5) is 0 Å². The summed E-state index contributed by atoms with van der Waals surface area (Å²) in [4.78, 5) is 12.7. The molecule has 0 saturated heterocycles. The average molecular weight is 334 g/mol. The molecular formula is C17H22N2O3S. The van der Waals surface area contributed by atoms with Crippen LogP contribution in [-0.4, -0.2) is 36.6 Å². The van der Waals surface area contributed by atoms with Crippen LogP contribution < -0.4 is 9.47 Å². The number of ketones is 1. The molecule has 0 N–H and O–H groups in total. The predicted molar refractivity (Wildman–Crippen MR) is 94.3 cm³/mol.